The molecule has 1 heterocycles. The summed E-state index contributed by atoms with van der Waals surface area (Å²) in [6, 6.07) is 5.72. The van der Waals surface area contributed by atoms with E-state index in [-0.39, 0.29) is 17.7 Å². The molecule has 1 aliphatic carbocycles. The Bertz CT molecular complexity index is 832. The summed E-state index contributed by atoms with van der Waals surface area (Å²) in [5.41, 5.74) is 3.05. The normalized spacial score (nSPS) is 19.2. The number of benzene rings is 1. The summed E-state index contributed by atoms with van der Waals surface area (Å²) in [6.07, 6.45) is 4.38. The van der Waals surface area contributed by atoms with E-state index in [1.54, 1.807) is 4.68 Å². The zero-order valence-electron chi connectivity index (χ0n) is 16.4. The molecule has 1 aliphatic rings. The van der Waals surface area contributed by atoms with E-state index < -0.39 is 6.03 Å². The molecule has 8 nitrogen and oxygen atoms in total. The molecule has 0 radical (unpaired) electrons. The van der Waals surface area contributed by atoms with Crippen LogP contribution in [-0.4, -0.2) is 43.9 Å². The minimum absolute atomic E-state index is 0.0544. The number of tetrazole rings is 1. The van der Waals surface area contributed by atoms with Crippen LogP contribution in [0.4, 0.5) is 4.79 Å². The van der Waals surface area contributed by atoms with Gasteiger partial charge < -0.3 is 5.32 Å². The van der Waals surface area contributed by atoms with Crippen molar-refractivity contribution in [3.05, 3.63) is 29.3 Å². The maximum absolute atomic E-state index is 12.2. The topological polar surface area (TPSA) is 102 Å². The summed E-state index contributed by atoms with van der Waals surface area (Å²) < 4.78 is 1.60. The Morgan fingerprint density at radius 2 is 1.89 bits per heavy atom. The molecule has 1 saturated carbocycles. The average Bonchev–Trinajstić information content (AvgIpc) is 3.10. The molecule has 0 saturated heterocycles. The van der Waals surface area contributed by atoms with Crippen LogP contribution in [0.2, 0.25) is 0 Å². The summed E-state index contributed by atoms with van der Waals surface area (Å²) in [5, 5.41) is 17.5. The molecule has 0 unspecified atom stereocenters. The third kappa shape index (κ3) is 5.31. The van der Waals surface area contributed by atoms with Gasteiger partial charge in [0.1, 0.15) is 0 Å². The predicted molar refractivity (Wildman–Crippen MR) is 107 cm³/mol. The molecule has 2 N–H and O–H groups in total. The number of aromatic nitrogens is 4. The van der Waals surface area contributed by atoms with Gasteiger partial charge in [0.15, 0.2) is 0 Å². The molecule has 1 aromatic heterocycles. The largest absolute Gasteiger partial charge is 0.335 e. The van der Waals surface area contributed by atoms with Gasteiger partial charge in [-0.2, -0.15) is 4.68 Å². The molecule has 28 heavy (non-hydrogen) atoms. The summed E-state index contributed by atoms with van der Waals surface area (Å²) in [4.78, 5) is 24.3. The number of thioether (sulfide) groups is 1. The third-order valence-electron chi connectivity index (χ3n) is 4.91. The summed E-state index contributed by atoms with van der Waals surface area (Å²) in [5.74, 6) is 0.117. The minimum Gasteiger partial charge on any atom is -0.335 e. The van der Waals surface area contributed by atoms with Gasteiger partial charge in [-0.1, -0.05) is 37.6 Å². The zero-order chi connectivity index (χ0) is 20.1. The van der Waals surface area contributed by atoms with Crippen molar-refractivity contribution in [3.8, 4) is 5.69 Å². The van der Waals surface area contributed by atoms with Gasteiger partial charge in [0, 0.05) is 6.04 Å². The standard InChI is InChI=1S/C19H26N6O2S/c1-12-8-13(2)10-15(9-12)25-19(22-23-24-25)28-11-17(26)21-18(27)20-16-7-5-4-6-14(16)3/h8-10,14,16H,4-7,11H2,1-3H3,(H2,20,21,26,27)/t14-,16+/m1/s1. The van der Waals surface area contributed by atoms with Crippen LogP contribution in [0, 0.1) is 19.8 Å². The molecular formula is C19H26N6O2S. The summed E-state index contributed by atoms with van der Waals surface area (Å²) >= 11 is 1.19. The number of rotatable bonds is 5. The first-order valence-electron chi connectivity index (χ1n) is 9.52. The lowest BCUT2D eigenvalue weighted by Gasteiger charge is -2.29. The van der Waals surface area contributed by atoms with E-state index >= 15 is 0 Å². The van der Waals surface area contributed by atoms with Crippen LogP contribution < -0.4 is 10.6 Å². The molecular weight excluding hydrogens is 376 g/mol. The number of hydrogen-bond donors (Lipinski definition) is 2. The fourth-order valence-corrected chi connectivity index (χ4v) is 4.22. The van der Waals surface area contributed by atoms with Crippen molar-refractivity contribution < 1.29 is 9.59 Å². The highest BCUT2D eigenvalue weighted by Crippen LogP contribution is 2.23. The number of carbonyl (C=O) groups excluding carboxylic acids is 2. The van der Waals surface area contributed by atoms with Gasteiger partial charge in [0.2, 0.25) is 11.1 Å². The predicted octanol–water partition coefficient (Wildman–Crippen LogP) is 2.78. The first-order valence-corrected chi connectivity index (χ1v) is 10.5. The van der Waals surface area contributed by atoms with E-state index in [0.717, 1.165) is 36.1 Å². The summed E-state index contributed by atoms with van der Waals surface area (Å²) in [7, 11) is 0. The lowest BCUT2D eigenvalue weighted by molar-refractivity contribution is -0.117. The van der Waals surface area contributed by atoms with Crippen molar-refractivity contribution in [2.24, 2.45) is 5.92 Å². The van der Waals surface area contributed by atoms with Gasteiger partial charge in [-0.3, -0.25) is 10.1 Å². The fraction of sp³-hybridized carbons (Fsp3) is 0.526. The molecule has 0 spiro atoms. The van der Waals surface area contributed by atoms with Crippen molar-refractivity contribution in [1.29, 1.82) is 0 Å². The van der Waals surface area contributed by atoms with Crippen molar-refractivity contribution in [2.45, 2.75) is 57.7 Å². The van der Waals surface area contributed by atoms with Crippen LogP contribution >= 0.6 is 11.8 Å². The molecule has 150 valence electrons. The number of nitrogens with zero attached hydrogens (tertiary/aromatic N) is 4. The highest BCUT2D eigenvalue weighted by atomic mass is 32.2. The molecule has 2 atom stereocenters. The number of urea groups is 1. The third-order valence-corrected chi connectivity index (χ3v) is 5.82. The molecule has 2 aromatic rings. The van der Waals surface area contributed by atoms with Gasteiger partial charge in [-0.25, -0.2) is 4.79 Å². The van der Waals surface area contributed by atoms with Crippen LogP contribution in [0.1, 0.15) is 43.7 Å². The van der Waals surface area contributed by atoms with E-state index in [4.69, 9.17) is 0 Å². The number of nitrogens with one attached hydrogen (secondary N) is 2. The Balaban J connectivity index is 1.54. The highest BCUT2D eigenvalue weighted by molar-refractivity contribution is 7.99. The van der Waals surface area contributed by atoms with Crippen LogP contribution in [0.25, 0.3) is 5.69 Å². The van der Waals surface area contributed by atoms with E-state index in [1.807, 2.05) is 26.0 Å². The van der Waals surface area contributed by atoms with Crippen molar-refractivity contribution >= 4 is 23.7 Å². The Morgan fingerprint density at radius 1 is 1.18 bits per heavy atom. The Kier molecular flexibility index (Phi) is 6.66. The van der Waals surface area contributed by atoms with Crippen LogP contribution in [0.5, 0.6) is 0 Å². The van der Waals surface area contributed by atoms with Crippen LogP contribution in [0.3, 0.4) is 0 Å². The van der Waals surface area contributed by atoms with Gasteiger partial charge in [-0.05, 0) is 66.3 Å². The lowest BCUT2D eigenvalue weighted by Crippen LogP contribution is -2.48. The van der Waals surface area contributed by atoms with Crippen LogP contribution in [-0.2, 0) is 4.79 Å². The second-order valence-corrected chi connectivity index (χ2v) is 8.34. The van der Waals surface area contributed by atoms with Crippen molar-refractivity contribution in [2.75, 3.05) is 5.75 Å². The average molecular weight is 403 g/mol. The molecule has 1 fully saturated rings. The second kappa shape index (κ2) is 9.18. The smallest absolute Gasteiger partial charge is 0.321 e. The molecule has 3 rings (SSSR count). The number of aryl methyl sites for hydroxylation is 2. The first-order chi connectivity index (χ1) is 13.4. The minimum atomic E-state index is -0.432. The molecule has 9 heteroatoms. The van der Waals surface area contributed by atoms with Gasteiger partial charge >= 0.3 is 6.03 Å². The second-order valence-electron chi connectivity index (χ2n) is 7.40. The van der Waals surface area contributed by atoms with E-state index in [9.17, 15) is 9.59 Å². The lowest BCUT2D eigenvalue weighted by atomic mass is 9.86. The van der Waals surface area contributed by atoms with E-state index in [0.29, 0.717) is 11.1 Å². The number of amides is 3. The number of hydrogen-bond acceptors (Lipinski definition) is 6. The van der Waals surface area contributed by atoms with E-state index in [1.165, 1.54) is 18.2 Å². The maximum atomic E-state index is 12.2. The van der Waals surface area contributed by atoms with Gasteiger partial charge in [-0.15, -0.1) is 5.10 Å². The Hall–Kier alpha value is -2.42. The Labute approximate surface area is 168 Å². The molecule has 0 bridgehead atoms. The van der Waals surface area contributed by atoms with Crippen molar-refractivity contribution in [1.82, 2.24) is 30.8 Å². The highest BCUT2D eigenvalue weighted by Gasteiger charge is 2.23. The molecule has 0 aliphatic heterocycles. The molecule has 3 amide bonds. The fourth-order valence-electron chi connectivity index (χ4n) is 3.53. The van der Waals surface area contributed by atoms with Gasteiger partial charge in [0.05, 0.1) is 11.4 Å². The zero-order valence-corrected chi connectivity index (χ0v) is 17.3. The summed E-state index contributed by atoms with van der Waals surface area (Å²) in [6.45, 7) is 6.15. The monoisotopic (exact) mass is 402 g/mol. The Morgan fingerprint density at radius 3 is 2.61 bits per heavy atom. The van der Waals surface area contributed by atoms with Crippen molar-refractivity contribution in [3.63, 3.8) is 0 Å². The SMILES string of the molecule is Cc1cc(C)cc(-n2nnnc2SCC(=O)NC(=O)N[C@H]2CCCC[C@H]2C)c1. The molecule has 1 aromatic carbocycles. The maximum Gasteiger partial charge on any atom is 0.321 e. The first kappa shape index (κ1) is 20.3. The number of imide groups is 1. The number of carbonyl (C=O) groups is 2. The van der Waals surface area contributed by atoms with E-state index in [2.05, 4.69) is 39.1 Å². The van der Waals surface area contributed by atoms with Crippen LogP contribution in [0.15, 0.2) is 23.4 Å². The van der Waals surface area contributed by atoms with Gasteiger partial charge in [0.25, 0.3) is 0 Å². The quantitative estimate of drug-likeness (QED) is 0.746.